The highest BCUT2D eigenvalue weighted by atomic mass is 32.1. The van der Waals surface area contributed by atoms with E-state index in [1.165, 1.54) is 0 Å². The zero-order valence-corrected chi connectivity index (χ0v) is 12.1. The second-order valence-corrected chi connectivity index (χ2v) is 4.88. The first kappa shape index (κ1) is 13.7. The van der Waals surface area contributed by atoms with Gasteiger partial charge in [-0.15, -0.1) is 11.3 Å². The van der Waals surface area contributed by atoms with Crippen molar-refractivity contribution in [1.29, 1.82) is 0 Å². The predicted octanol–water partition coefficient (Wildman–Crippen LogP) is 2.93. The van der Waals surface area contributed by atoms with Gasteiger partial charge in [-0.3, -0.25) is 0 Å². The van der Waals surface area contributed by atoms with Crippen LogP contribution in [0, 0.1) is 0 Å². The minimum absolute atomic E-state index is 0.697. The molecule has 2 aromatic heterocycles. The molecule has 0 saturated carbocycles. The Morgan fingerprint density at radius 2 is 1.89 bits per heavy atom. The van der Waals surface area contributed by atoms with Crippen molar-refractivity contribution in [3.05, 3.63) is 28.5 Å². The van der Waals surface area contributed by atoms with Crippen LogP contribution in [0.5, 0.6) is 0 Å². The van der Waals surface area contributed by atoms with Crippen LogP contribution in [-0.2, 0) is 13.0 Å². The Balaban J connectivity index is 2.15. The molecule has 0 radical (unpaired) electrons. The Morgan fingerprint density at radius 1 is 1.11 bits per heavy atom. The van der Waals surface area contributed by atoms with Crippen molar-refractivity contribution in [3.63, 3.8) is 0 Å². The Hall–Kier alpha value is -1.69. The van der Waals surface area contributed by atoms with Gasteiger partial charge in [0, 0.05) is 17.5 Å². The number of hydrogen-bond acceptors (Lipinski definition) is 6. The molecule has 6 heteroatoms. The first-order chi connectivity index (χ1) is 9.35. The lowest BCUT2D eigenvalue weighted by atomic mass is 10.1. The van der Waals surface area contributed by atoms with Gasteiger partial charge in [0.1, 0.15) is 18.0 Å². The number of anilines is 2. The maximum absolute atomic E-state index is 4.35. The Labute approximate surface area is 117 Å². The van der Waals surface area contributed by atoms with E-state index in [4.69, 9.17) is 0 Å². The average Bonchev–Trinajstić information content (AvgIpc) is 2.93. The summed E-state index contributed by atoms with van der Waals surface area (Å²) in [5.74, 6) is 1.83. The Morgan fingerprint density at radius 3 is 2.53 bits per heavy atom. The first-order valence-electron chi connectivity index (χ1n) is 6.53. The van der Waals surface area contributed by atoms with Crippen LogP contribution >= 0.6 is 11.3 Å². The number of thiazole rings is 1. The van der Waals surface area contributed by atoms with E-state index in [1.54, 1.807) is 17.7 Å². The van der Waals surface area contributed by atoms with E-state index in [0.29, 0.717) is 6.54 Å². The van der Waals surface area contributed by atoms with Gasteiger partial charge in [0.25, 0.3) is 0 Å². The van der Waals surface area contributed by atoms with Crippen molar-refractivity contribution in [2.45, 2.75) is 33.2 Å². The van der Waals surface area contributed by atoms with E-state index in [-0.39, 0.29) is 0 Å². The van der Waals surface area contributed by atoms with Gasteiger partial charge in [-0.1, -0.05) is 13.3 Å². The zero-order chi connectivity index (χ0) is 13.5. The molecule has 0 aliphatic rings. The molecule has 0 fully saturated rings. The molecule has 19 heavy (non-hydrogen) atoms. The lowest BCUT2D eigenvalue weighted by Gasteiger charge is -2.13. The molecule has 2 N–H and O–H groups in total. The molecule has 0 atom stereocenters. The van der Waals surface area contributed by atoms with Crippen molar-refractivity contribution in [2.75, 3.05) is 17.2 Å². The van der Waals surface area contributed by atoms with Gasteiger partial charge in [-0.2, -0.15) is 0 Å². The highest BCUT2D eigenvalue weighted by Gasteiger charge is 2.10. The fourth-order valence-electron chi connectivity index (χ4n) is 1.87. The molecule has 2 heterocycles. The monoisotopic (exact) mass is 277 g/mol. The molecule has 0 aromatic carbocycles. The van der Waals surface area contributed by atoms with Gasteiger partial charge in [-0.05, 0) is 13.3 Å². The van der Waals surface area contributed by atoms with E-state index in [0.717, 1.165) is 42.3 Å². The SMILES string of the molecule is CCCc1c(NCC)ncnc1NCc1cscn1. The van der Waals surface area contributed by atoms with E-state index in [9.17, 15) is 0 Å². The maximum Gasteiger partial charge on any atom is 0.135 e. The molecule has 0 bridgehead atoms. The molecule has 0 spiro atoms. The van der Waals surface area contributed by atoms with Crippen molar-refractivity contribution >= 4 is 23.0 Å². The lowest BCUT2D eigenvalue weighted by molar-refractivity contribution is 0.893. The lowest BCUT2D eigenvalue weighted by Crippen LogP contribution is -2.10. The molecule has 2 rings (SSSR count). The Kier molecular flexibility index (Phi) is 5.09. The van der Waals surface area contributed by atoms with Crippen LogP contribution in [0.2, 0.25) is 0 Å². The maximum atomic E-state index is 4.35. The van der Waals surface area contributed by atoms with Crippen LogP contribution in [-0.4, -0.2) is 21.5 Å². The number of nitrogens with one attached hydrogen (secondary N) is 2. The van der Waals surface area contributed by atoms with Crippen molar-refractivity contribution in [3.8, 4) is 0 Å². The summed E-state index contributed by atoms with van der Waals surface area (Å²) in [6, 6.07) is 0. The van der Waals surface area contributed by atoms with Gasteiger partial charge in [0.15, 0.2) is 0 Å². The molecule has 0 aliphatic carbocycles. The van der Waals surface area contributed by atoms with Crippen molar-refractivity contribution in [1.82, 2.24) is 15.0 Å². The van der Waals surface area contributed by atoms with Crippen LogP contribution in [0.3, 0.4) is 0 Å². The average molecular weight is 277 g/mol. The second-order valence-electron chi connectivity index (χ2n) is 4.16. The van der Waals surface area contributed by atoms with E-state index in [2.05, 4.69) is 39.4 Å². The second kappa shape index (κ2) is 7.04. The summed E-state index contributed by atoms with van der Waals surface area (Å²) in [6.07, 6.45) is 3.63. The predicted molar refractivity (Wildman–Crippen MR) is 79.6 cm³/mol. The zero-order valence-electron chi connectivity index (χ0n) is 11.3. The third-order valence-corrected chi connectivity index (χ3v) is 3.35. The first-order valence-corrected chi connectivity index (χ1v) is 7.48. The summed E-state index contributed by atoms with van der Waals surface area (Å²) >= 11 is 1.60. The third kappa shape index (κ3) is 3.64. The van der Waals surface area contributed by atoms with Crippen LogP contribution < -0.4 is 10.6 Å². The minimum Gasteiger partial charge on any atom is -0.370 e. The molecule has 0 unspecified atom stereocenters. The van der Waals surface area contributed by atoms with Crippen LogP contribution in [0.4, 0.5) is 11.6 Å². The molecular formula is C13H19N5S. The number of nitrogens with zero attached hydrogens (tertiary/aromatic N) is 3. The summed E-state index contributed by atoms with van der Waals surface area (Å²) in [7, 11) is 0. The quantitative estimate of drug-likeness (QED) is 0.814. The van der Waals surface area contributed by atoms with Gasteiger partial charge in [0.2, 0.25) is 0 Å². The fraction of sp³-hybridized carbons (Fsp3) is 0.462. The van der Waals surface area contributed by atoms with Crippen LogP contribution in [0.1, 0.15) is 31.5 Å². The highest BCUT2D eigenvalue weighted by molar-refractivity contribution is 7.07. The summed E-state index contributed by atoms with van der Waals surface area (Å²) in [5.41, 5.74) is 4.03. The largest absolute Gasteiger partial charge is 0.370 e. The standard InChI is InChI=1S/C13H19N5S/c1-3-5-11-12(14-4-2)16-8-17-13(11)15-6-10-7-19-9-18-10/h7-9H,3-6H2,1-2H3,(H2,14,15,16,17). The molecule has 0 amide bonds. The highest BCUT2D eigenvalue weighted by Crippen LogP contribution is 2.22. The van der Waals surface area contributed by atoms with E-state index in [1.807, 2.05) is 10.9 Å². The van der Waals surface area contributed by atoms with Gasteiger partial charge in [0.05, 0.1) is 17.7 Å². The third-order valence-electron chi connectivity index (χ3n) is 2.71. The molecule has 5 nitrogen and oxygen atoms in total. The molecule has 2 aromatic rings. The molecule has 0 aliphatic heterocycles. The normalized spacial score (nSPS) is 10.4. The van der Waals surface area contributed by atoms with E-state index >= 15 is 0 Å². The van der Waals surface area contributed by atoms with Crippen molar-refractivity contribution in [2.24, 2.45) is 0 Å². The van der Waals surface area contributed by atoms with E-state index < -0.39 is 0 Å². The van der Waals surface area contributed by atoms with Crippen LogP contribution in [0.15, 0.2) is 17.2 Å². The summed E-state index contributed by atoms with van der Waals surface area (Å²) in [5, 5.41) is 8.68. The smallest absolute Gasteiger partial charge is 0.135 e. The number of rotatable bonds is 7. The molecule has 0 saturated heterocycles. The summed E-state index contributed by atoms with van der Waals surface area (Å²) in [4.78, 5) is 12.9. The van der Waals surface area contributed by atoms with Gasteiger partial charge < -0.3 is 10.6 Å². The summed E-state index contributed by atoms with van der Waals surface area (Å²) < 4.78 is 0. The molecule has 102 valence electrons. The fourth-order valence-corrected chi connectivity index (χ4v) is 2.43. The number of aromatic nitrogens is 3. The number of hydrogen-bond donors (Lipinski definition) is 2. The Bertz CT molecular complexity index is 498. The topological polar surface area (TPSA) is 62.7 Å². The van der Waals surface area contributed by atoms with Crippen molar-refractivity contribution < 1.29 is 0 Å². The molecular weight excluding hydrogens is 258 g/mol. The van der Waals surface area contributed by atoms with Gasteiger partial charge in [-0.25, -0.2) is 15.0 Å². The minimum atomic E-state index is 0.697. The van der Waals surface area contributed by atoms with Gasteiger partial charge >= 0.3 is 0 Å². The van der Waals surface area contributed by atoms with Crippen LogP contribution in [0.25, 0.3) is 0 Å². The summed E-state index contributed by atoms with van der Waals surface area (Å²) in [6.45, 7) is 5.79.